The highest BCUT2D eigenvalue weighted by atomic mass is 32.2. The van der Waals surface area contributed by atoms with E-state index in [0.717, 1.165) is 17.5 Å². The standard InChI is InChI=1S/C39H47N7O9S/c1-38(2,3)55-36(50)41-31-14-8-6-4-5-7-13-28-20-39(28,35(49)44-56(52,53)43-29-17-15-25(21-40)16-18-29)42-33(47)32-19-30(24-46(32)34(31)48)54-37(51)45-22-26-11-9-10-12-27(26)23-45/h7,9-13,15-18,28,30-32,43H,4-6,8,14,19-20,22-24H2,1-3H3,(H,41,50)(H,42,47)(H,44,49)/b13-7+/t28-,30-,31+,32+,39-/m1/s1. The van der Waals surface area contributed by atoms with Crippen molar-refractivity contribution in [1.29, 1.82) is 5.26 Å². The molecular weight excluding hydrogens is 743 g/mol. The Morgan fingerprint density at radius 2 is 1.70 bits per heavy atom. The van der Waals surface area contributed by atoms with Gasteiger partial charge in [-0.1, -0.05) is 49.3 Å². The second-order valence-corrected chi connectivity index (χ2v) is 17.0. The molecule has 17 heteroatoms. The molecule has 2 aromatic carbocycles. The van der Waals surface area contributed by atoms with Crippen molar-refractivity contribution in [2.24, 2.45) is 5.92 Å². The van der Waals surface area contributed by atoms with Crippen molar-refractivity contribution in [3.8, 4) is 6.07 Å². The van der Waals surface area contributed by atoms with Crippen LogP contribution in [0.5, 0.6) is 0 Å². The molecule has 4 aliphatic rings. The third-order valence-electron chi connectivity index (χ3n) is 10.2. The average Bonchev–Trinajstić information content (AvgIpc) is 3.43. The maximum Gasteiger partial charge on any atom is 0.410 e. The number of ether oxygens (including phenoxy) is 2. The van der Waals surface area contributed by atoms with E-state index in [-0.39, 0.29) is 31.5 Å². The van der Waals surface area contributed by atoms with Gasteiger partial charge in [0.05, 0.1) is 23.9 Å². The lowest BCUT2D eigenvalue weighted by Crippen LogP contribution is -2.58. The fourth-order valence-electron chi connectivity index (χ4n) is 7.30. The van der Waals surface area contributed by atoms with Gasteiger partial charge in [0.1, 0.15) is 29.3 Å². The molecule has 0 aromatic heterocycles. The first-order valence-corrected chi connectivity index (χ1v) is 20.2. The Bertz CT molecular complexity index is 2020. The van der Waals surface area contributed by atoms with E-state index < -0.39 is 75.4 Å². The van der Waals surface area contributed by atoms with E-state index in [1.54, 1.807) is 26.8 Å². The molecule has 2 fully saturated rings. The van der Waals surface area contributed by atoms with E-state index in [0.29, 0.717) is 37.9 Å². The summed E-state index contributed by atoms with van der Waals surface area (Å²) in [5.41, 5.74) is -0.129. The van der Waals surface area contributed by atoms with Crippen LogP contribution >= 0.6 is 0 Å². The van der Waals surface area contributed by atoms with Crippen molar-refractivity contribution in [2.45, 2.75) is 108 Å². The van der Waals surface area contributed by atoms with Gasteiger partial charge in [0.2, 0.25) is 11.8 Å². The topological polar surface area (TPSA) is 216 Å². The Morgan fingerprint density at radius 3 is 2.36 bits per heavy atom. The van der Waals surface area contributed by atoms with Gasteiger partial charge >= 0.3 is 22.4 Å². The maximum atomic E-state index is 14.4. The van der Waals surface area contributed by atoms with Crippen molar-refractivity contribution in [3.63, 3.8) is 0 Å². The molecule has 5 atom stereocenters. The SMILES string of the molecule is CC(C)(C)OC(=O)N[C@H]1CCCCC/C=C/[C@@H]2C[C@@]2(C(=O)NS(=O)(=O)Nc2ccc(C#N)cc2)NC(=O)[C@@H]2C[C@@H](OC(=O)N3Cc4ccccc4C3)CN2C1=O. The van der Waals surface area contributed by atoms with Gasteiger partial charge in [0, 0.05) is 25.4 Å². The molecule has 1 saturated heterocycles. The molecule has 6 rings (SSSR count). The number of carbonyl (C=O) groups is 5. The summed E-state index contributed by atoms with van der Waals surface area (Å²) in [6.07, 6.45) is 4.19. The number of fused-ring (bicyclic) bond motifs is 3. The fraction of sp³-hybridized carbons (Fsp3) is 0.487. The van der Waals surface area contributed by atoms with Crippen LogP contribution in [0.2, 0.25) is 0 Å². The fourth-order valence-corrected chi connectivity index (χ4v) is 8.22. The Hall–Kier alpha value is -5.63. The van der Waals surface area contributed by atoms with Gasteiger partial charge in [-0.2, -0.15) is 13.7 Å². The van der Waals surface area contributed by atoms with E-state index in [1.165, 1.54) is 34.1 Å². The molecule has 56 heavy (non-hydrogen) atoms. The minimum Gasteiger partial charge on any atom is -0.444 e. The van der Waals surface area contributed by atoms with E-state index >= 15 is 0 Å². The zero-order chi connectivity index (χ0) is 40.3. The highest BCUT2D eigenvalue weighted by Crippen LogP contribution is 2.46. The van der Waals surface area contributed by atoms with Crippen molar-refractivity contribution in [3.05, 3.63) is 77.4 Å². The predicted octanol–water partition coefficient (Wildman–Crippen LogP) is 3.74. The first-order valence-electron chi connectivity index (χ1n) is 18.7. The summed E-state index contributed by atoms with van der Waals surface area (Å²) in [7, 11) is -4.49. The lowest BCUT2D eigenvalue weighted by atomic mass is 10.0. The molecule has 0 unspecified atom stereocenters. The van der Waals surface area contributed by atoms with E-state index in [9.17, 15) is 32.4 Å². The molecule has 1 saturated carbocycles. The normalized spacial score (nSPS) is 25.8. The molecule has 5 amide bonds. The van der Waals surface area contributed by atoms with Crippen LogP contribution in [0.25, 0.3) is 0 Å². The molecule has 298 valence electrons. The zero-order valence-corrected chi connectivity index (χ0v) is 32.4. The minimum atomic E-state index is -4.49. The Morgan fingerprint density at radius 1 is 1.00 bits per heavy atom. The van der Waals surface area contributed by atoms with Gasteiger partial charge in [-0.3, -0.25) is 24.0 Å². The van der Waals surface area contributed by atoms with Crippen LogP contribution in [-0.2, 0) is 47.2 Å². The molecule has 4 N–H and O–H groups in total. The number of allylic oxidation sites excluding steroid dienone is 1. The number of anilines is 1. The molecule has 1 aliphatic carbocycles. The molecule has 2 aromatic rings. The molecule has 0 spiro atoms. The number of carbonyl (C=O) groups excluding carboxylic acids is 5. The number of hydrogen-bond acceptors (Lipinski definition) is 10. The molecule has 3 aliphatic heterocycles. The lowest BCUT2D eigenvalue weighted by molar-refractivity contribution is -0.141. The summed E-state index contributed by atoms with van der Waals surface area (Å²) in [6.45, 7) is 5.60. The van der Waals surface area contributed by atoms with E-state index in [4.69, 9.17) is 14.7 Å². The highest BCUT2D eigenvalue weighted by Gasteiger charge is 2.61. The molecule has 0 radical (unpaired) electrons. The monoisotopic (exact) mass is 789 g/mol. The maximum absolute atomic E-state index is 14.4. The third-order valence-corrected chi connectivity index (χ3v) is 11.2. The van der Waals surface area contributed by atoms with Gasteiger partial charge < -0.3 is 25.0 Å². The highest BCUT2D eigenvalue weighted by molar-refractivity contribution is 7.91. The molecule has 0 bridgehead atoms. The van der Waals surface area contributed by atoms with Crippen LogP contribution in [0.3, 0.4) is 0 Å². The molecular formula is C39H47N7O9S. The van der Waals surface area contributed by atoms with Crippen LogP contribution < -0.4 is 20.1 Å². The van der Waals surface area contributed by atoms with Gasteiger partial charge in [0.25, 0.3) is 5.91 Å². The summed E-state index contributed by atoms with van der Waals surface area (Å²) in [5.74, 6) is -2.88. The second-order valence-electron chi connectivity index (χ2n) is 15.6. The number of amides is 5. The van der Waals surface area contributed by atoms with Crippen LogP contribution in [0.1, 0.15) is 82.4 Å². The van der Waals surface area contributed by atoms with Crippen molar-refractivity contribution < 1.29 is 41.9 Å². The lowest BCUT2D eigenvalue weighted by Gasteiger charge is -2.30. The number of nitrogens with one attached hydrogen (secondary N) is 4. The number of nitriles is 1. The van der Waals surface area contributed by atoms with Gasteiger partial charge in [-0.05, 0) is 81.8 Å². The summed E-state index contributed by atoms with van der Waals surface area (Å²) in [5, 5.41) is 14.5. The van der Waals surface area contributed by atoms with Crippen LogP contribution in [0.15, 0.2) is 60.7 Å². The Labute approximate surface area is 326 Å². The largest absolute Gasteiger partial charge is 0.444 e. The molecule has 16 nitrogen and oxygen atoms in total. The van der Waals surface area contributed by atoms with Crippen LogP contribution in [0.4, 0.5) is 15.3 Å². The zero-order valence-electron chi connectivity index (χ0n) is 31.6. The number of rotatable bonds is 6. The Kier molecular flexibility index (Phi) is 11.6. The summed E-state index contributed by atoms with van der Waals surface area (Å²) in [4.78, 5) is 71.7. The number of hydrogen-bond donors (Lipinski definition) is 4. The van der Waals surface area contributed by atoms with Crippen molar-refractivity contribution in [2.75, 3.05) is 11.3 Å². The van der Waals surface area contributed by atoms with E-state index in [1.807, 2.05) is 41.1 Å². The van der Waals surface area contributed by atoms with E-state index in [2.05, 4.69) is 15.4 Å². The van der Waals surface area contributed by atoms with Gasteiger partial charge in [-0.25, -0.2) is 14.3 Å². The summed E-state index contributed by atoms with van der Waals surface area (Å²) >= 11 is 0. The van der Waals surface area contributed by atoms with Crippen LogP contribution in [0, 0.1) is 17.2 Å². The summed E-state index contributed by atoms with van der Waals surface area (Å²) < 4.78 is 41.9. The smallest absolute Gasteiger partial charge is 0.410 e. The summed E-state index contributed by atoms with van der Waals surface area (Å²) in [6, 6.07) is 12.8. The van der Waals surface area contributed by atoms with Crippen molar-refractivity contribution in [1.82, 2.24) is 25.2 Å². The van der Waals surface area contributed by atoms with Gasteiger partial charge in [-0.15, -0.1) is 0 Å². The van der Waals surface area contributed by atoms with Gasteiger partial charge in [0.15, 0.2) is 0 Å². The third kappa shape index (κ3) is 9.59. The Balaban J connectivity index is 1.24. The molecule has 3 heterocycles. The first-order chi connectivity index (χ1) is 26.6. The second kappa shape index (κ2) is 16.2. The average molecular weight is 790 g/mol. The quantitative estimate of drug-likeness (QED) is 0.311. The number of alkyl carbamates (subject to hydrolysis) is 1. The number of nitrogens with zero attached hydrogens (tertiary/aromatic N) is 3. The minimum absolute atomic E-state index is 0.0882. The predicted molar refractivity (Wildman–Crippen MR) is 202 cm³/mol. The first kappa shape index (κ1) is 40.0. The van der Waals surface area contributed by atoms with Crippen molar-refractivity contribution >= 4 is 45.8 Å². The van der Waals surface area contributed by atoms with Crippen LogP contribution in [-0.4, -0.2) is 84.0 Å². The number of benzene rings is 2.